The van der Waals surface area contributed by atoms with E-state index in [4.69, 9.17) is 0 Å². The Morgan fingerprint density at radius 2 is 2.05 bits per heavy atom. The number of hydrogen-bond acceptors (Lipinski definition) is 1. The largest absolute Gasteiger partial charge is 0.343 e. The van der Waals surface area contributed by atoms with Crippen LogP contribution in [-0.2, 0) is 6.54 Å². The fourth-order valence-corrected chi connectivity index (χ4v) is 3.36. The van der Waals surface area contributed by atoms with Crippen LogP contribution in [0.5, 0.6) is 0 Å². The molecule has 4 heteroatoms. The highest BCUT2D eigenvalue weighted by Gasteiger charge is 2.26. The number of amides is 1. The standard InChI is InChI=1S/C15H23BrN2O/c1-4-18-10-12(16)9-14(18)15(19)17(3)13-7-5-11(2)6-8-13/h9-11,13H,4-8H2,1-3H3. The summed E-state index contributed by atoms with van der Waals surface area (Å²) in [5.74, 6) is 0.959. The second-order valence-corrected chi connectivity index (χ2v) is 6.58. The number of carbonyl (C=O) groups excluding carboxylic acids is 1. The van der Waals surface area contributed by atoms with Gasteiger partial charge in [-0.15, -0.1) is 0 Å². The quantitative estimate of drug-likeness (QED) is 0.826. The number of nitrogens with zero attached hydrogens (tertiary/aromatic N) is 2. The molecule has 0 unspecified atom stereocenters. The van der Waals surface area contributed by atoms with E-state index in [1.165, 1.54) is 12.8 Å². The molecule has 1 heterocycles. The summed E-state index contributed by atoms with van der Waals surface area (Å²) in [7, 11) is 1.95. The highest BCUT2D eigenvalue weighted by molar-refractivity contribution is 9.10. The molecule has 0 aromatic carbocycles. The van der Waals surface area contributed by atoms with E-state index in [-0.39, 0.29) is 5.91 Å². The van der Waals surface area contributed by atoms with Gasteiger partial charge in [-0.1, -0.05) is 6.92 Å². The van der Waals surface area contributed by atoms with Crippen LogP contribution < -0.4 is 0 Å². The molecule has 19 heavy (non-hydrogen) atoms. The summed E-state index contributed by atoms with van der Waals surface area (Å²) >= 11 is 3.45. The summed E-state index contributed by atoms with van der Waals surface area (Å²) in [6.45, 7) is 5.19. The minimum absolute atomic E-state index is 0.145. The van der Waals surface area contributed by atoms with Crippen molar-refractivity contribution in [2.24, 2.45) is 5.92 Å². The van der Waals surface area contributed by atoms with Crippen LogP contribution in [0.25, 0.3) is 0 Å². The third-order valence-electron chi connectivity index (χ3n) is 4.28. The van der Waals surface area contributed by atoms with E-state index >= 15 is 0 Å². The van der Waals surface area contributed by atoms with E-state index < -0.39 is 0 Å². The van der Waals surface area contributed by atoms with Crippen LogP contribution in [-0.4, -0.2) is 28.5 Å². The molecular weight excluding hydrogens is 304 g/mol. The molecule has 1 saturated carbocycles. The first kappa shape index (κ1) is 14.6. The molecule has 0 radical (unpaired) electrons. The minimum Gasteiger partial charge on any atom is -0.343 e. The lowest BCUT2D eigenvalue weighted by Crippen LogP contribution is -2.40. The maximum Gasteiger partial charge on any atom is 0.270 e. The lowest BCUT2D eigenvalue weighted by molar-refractivity contribution is 0.0669. The van der Waals surface area contributed by atoms with E-state index in [2.05, 4.69) is 29.8 Å². The van der Waals surface area contributed by atoms with Crippen LogP contribution in [0.3, 0.4) is 0 Å². The van der Waals surface area contributed by atoms with Gasteiger partial charge in [-0.05, 0) is 60.5 Å². The van der Waals surface area contributed by atoms with E-state index in [9.17, 15) is 4.79 Å². The van der Waals surface area contributed by atoms with Crippen molar-refractivity contribution in [3.8, 4) is 0 Å². The number of aryl methyl sites for hydroxylation is 1. The zero-order valence-electron chi connectivity index (χ0n) is 12.0. The Kier molecular flexibility index (Phi) is 4.71. The van der Waals surface area contributed by atoms with Crippen molar-refractivity contribution in [3.05, 3.63) is 22.4 Å². The summed E-state index contributed by atoms with van der Waals surface area (Å²) in [5, 5.41) is 0. The number of hydrogen-bond donors (Lipinski definition) is 0. The van der Waals surface area contributed by atoms with Crippen molar-refractivity contribution in [1.29, 1.82) is 0 Å². The molecule has 0 atom stereocenters. The van der Waals surface area contributed by atoms with Crippen molar-refractivity contribution < 1.29 is 4.79 Å². The van der Waals surface area contributed by atoms with Gasteiger partial charge in [-0.25, -0.2) is 0 Å². The molecular formula is C15H23BrN2O. The molecule has 1 aromatic heterocycles. The molecule has 1 aromatic rings. The van der Waals surface area contributed by atoms with Crippen molar-refractivity contribution in [2.75, 3.05) is 7.05 Å². The van der Waals surface area contributed by atoms with Crippen LogP contribution in [0.2, 0.25) is 0 Å². The van der Waals surface area contributed by atoms with Gasteiger partial charge in [0.05, 0.1) is 0 Å². The molecule has 106 valence electrons. The highest BCUT2D eigenvalue weighted by atomic mass is 79.9. The Morgan fingerprint density at radius 3 is 2.63 bits per heavy atom. The number of aromatic nitrogens is 1. The lowest BCUT2D eigenvalue weighted by Gasteiger charge is -2.33. The van der Waals surface area contributed by atoms with Gasteiger partial charge in [-0.3, -0.25) is 4.79 Å². The molecule has 1 fully saturated rings. The maximum absolute atomic E-state index is 12.6. The molecule has 0 saturated heterocycles. The average Bonchev–Trinajstić information content (AvgIpc) is 2.79. The van der Waals surface area contributed by atoms with Gasteiger partial charge >= 0.3 is 0 Å². The second kappa shape index (κ2) is 6.12. The normalized spacial score (nSPS) is 23.4. The monoisotopic (exact) mass is 326 g/mol. The summed E-state index contributed by atoms with van der Waals surface area (Å²) in [6, 6.07) is 2.33. The Balaban J connectivity index is 2.10. The van der Waals surface area contributed by atoms with Gasteiger partial charge in [0.1, 0.15) is 5.69 Å². The topological polar surface area (TPSA) is 25.2 Å². The fraction of sp³-hybridized carbons (Fsp3) is 0.667. The Bertz CT molecular complexity index is 447. The van der Waals surface area contributed by atoms with Crippen molar-refractivity contribution in [2.45, 2.75) is 52.1 Å². The minimum atomic E-state index is 0.145. The van der Waals surface area contributed by atoms with Crippen molar-refractivity contribution in [1.82, 2.24) is 9.47 Å². The molecule has 0 N–H and O–H groups in total. The van der Waals surface area contributed by atoms with Crippen molar-refractivity contribution >= 4 is 21.8 Å². The zero-order chi connectivity index (χ0) is 14.0. The van der Waals surface area contributed by atoms with E-state index in [1.54, 1.807) is 0 Å². The molecule has 1 amide bonds. The maximum atomic E-state index is 12.6. The van der Waals surface area contributed by atoms with Gasteiger partial charge in [-0.2, -0.15) is 0 Å². The molecule has 0 aliphatic heterocycles. The van der Waals surface area contributed by atoms with Crippen molar-refractivity contribution in [3.63, 3.8) is 0 Å². The summed E-state index contributed by atoms with van der Waals surface area (Å²) in [6.07, 6.45) is 6.72. The van der Waals surface area contributed by atoms with Gasteiger partial charge in [0, 0.05) is 30.3 Å². The van der Waals surface area contributed by atoms with Gasteiger partial charge in [0.15, 0.2) is 0 Å². The van der Waals surface area contributed by atoms with Crippen LogP contribution >= 0.6 is 15.9 Å². The fourth-order valence-electron chi connectivity index (χ4n) is 2.89. The molecule has 1 aliphatic rings. The lowest BCUT2D eigenvalue weighted by atomic mass is 9.86. The summed E-state index contributed by atoms with van der Waals surface area (Å²) in [5.41, 5.74) is 0.787. The highest BCUT2D eigenvalue weighted by Crippen LogP contribution is 2.27. The van der Waals surface area contributed by atoms with Crippen LogP contribution in [0.4, 0.5) is 0 Å². The van der Waals surface area contributed by atoms with Gasteiger partial charge < -0.3 is 9.47 Å². The molecule has 3 nitrogen and oxygen atoms in total. The zero-order valence-corrected chi connectivity index (χ0v) is 13.6. The van der Waals surface area contributed by atoms with E-state index in [1.807, 2.05) is 28.8 Å². The first-order valence-electron chi connectivity index (χ1n) is 7.15. The van der Waals surface area contributed by atoms with Gasteiger partial charge in [0.2, 0.25) is 0 Å². The number of halogens is 1. The Labute approximate surface area is 124 Å². The predicted molar refractivity (Wildman–Crippen MR) is 81.3 cm³/mol. The SMILES string of the molecule is CCn1cc(Br)cc1C(=O)N(C)C1CCC(C)CC1. The molecule has 0 spiro atoms. The van der Waals surface area contributed by atoms with E-state index in [0.717, 1.165) is 35.5 Å². The number of rotatable bonds is 3. The smallest absolute Gasteiger partial charge is 0.270 e. The number of carbonyl (C=O) groups is 1. The first-order valence-corrected chi connectivity index (χ1v) is 7.95. The van der Waals surface area contributed by atoms with Crippen LogP contribution in [0.1, 0.15) is 50.0 Å². The third-order valence-corrected chi connectivity index (χ3v) is 4.71. The molecule has 1 aliphatic carbocycles. The van der Waals surface area contributed by atoms with Gasteiger partial charge in [0.25, 0.3) is 5.91 Å². The Hall–Kier alpha value is -0.770. The van der Waals surface area contributed by atoms with Crippen LogP contribution in [0.15, 0.2) is 16.7 Å². The summed E-state index contributed by atoms with van der Waals surface area (Å²) in [4.78, 5) is 14.5. The first-order chi connectivity index (χ1) is 9.02. The molecule has 2 rings (SSSR count). The molecule has 0 bridgehead atoms. The Morgan fingerprint density at radius 1 is 1.42 bits per heavy atom. The second-order valence-electron chi connectivity index (χ2n) is 5.66. The average molecular weight is 327 g/mol. The third kappa shape index (κ3) is 3.22. The van der Waals surface area contributed by atoms with E-state index in [0.29, 0.717) is 6.04 Å². The van der Waals surface area contributed by atoms with Crippen LogP contribution in [0, 0.1) is 5.92 Å². The summed E-state index contributed by atoms with van der Waals surface area (Å²) < 4.78 is 2.98. The predicted octanol–water partition coefficient (Wildman–Crippen LogP) is 3.92.